The number of alkyl halides is 2. The Labute approximate surface area is 151 Å². The molecule has 0 spiro atoms. The summed E-state index contributed by atoms with van der Waals surface area (Å²) in [5, 5.41) is 12.9. The van der Waals surface area contributed by atoms with Gasteiger partial charge in [-0.3, -0.25) is 9.36 Å². The molecule has 0 unspecified atom stereocenters. The van der Waals surface area contributed by atoms with Crippen molar-refractivity contribution in [3.05, 3.63) is 33.2 Å². The van der Waals surface area contributed by atoms with E-state index in [2.05, 4.69) is 15.0 Å². The van der Waals surface area contributed by atoms with Crippen LogP contribution in [0.1, 0.15) is 20.1 Å². The van der Waals surface area contributed by atoms with Gasteiger partial charge in [0.1, 0.15) is 24.6 Å². The van der Waals surface area contributed by atoms with Crippen LogP contribution < -0.4 is 11.4 Å². The zero-order valence-electron chi connectivity index (χ0n) is 14.4. The van der Waals surface area contributed by atoms with Gasteiger partial charge in [-0.15, -0.1) is 0 Å². The number of nitrogens with two attached hydrogens (primary N) is 1. The number of nitrogens with zero attached hydrogens (tertiary/aromatic N) is 5. The van der Waals surface area contributed by atoms with Crippen molar-refractivity contribution in [3.8, 4) is 0 Å². The SMILES string of the molecule is CC(C)[C@H](N)C(=O)OC[C@H]1O[C@@H](n2ccc(N=[N+]=[N-])nc2=O)C(F)(F)[C@@H]1O. The number of carbonyl (C=O) groups excluding carboxylic acids is 1. The number of halogens is 2. The van der Waals surface area contributed by atoms with Gasteiger partial charge in [0.15, 0.2) is 6.10 Å². The maximum absolute atomic E-state index is 14.4. The van der Waals surface area contributed by atoms with Gasteiger partial charge in [0.25, 0.3) is 0 Å². The number of aliphatic hydroxyl groups is 1. The molecule has 0 amide bonds. The smallest absolute Gasteiger partial charge is 0.350 e. The molecule has 1 fully saturated rings. The van der Waals surface area contributed by atoms with Crippen LogP contribution in [0.25, 0.3) is 10.4 Å². The average Bonchev–Trinajstić information content (AvgIpc) is 2.82. The highest BCUT2D eigenvalue weighted by Crippen LogP contribution is 2.42. The standard InChI is InChI=1S/C14H18F2N6O5/c1-6(2)9(17)11(24)26-5-7-10(23)14(15,16)12(27-7)22-4-3-8(20-21-18)19-13(22)25/h3-4,6-7,9-10,12,23H,5,17H2,1-2H3/t7-,9+,10-,12-/m1/s1. The molecule has 2 heterocycles. The van der Waals surface area contributed by atoms with Gasteiger partial charge in [-0.25, -0.2) is 4.79 Å². The van der Waals surface area contributed by atoms with Crippen molar-refractivity contribution in [2.24, 2.45) is 16.8 Å². The Kier molecular flexibility index (Phi) is 6.11. The lowest BCUT2D eigenvalue weighted by atomic mass is 10.1. The van der Waals surface area contributed by atoms with Crippen molar-refractivity contribution in [3.63, 3.8) is 0 Å². The number of azide groups is 1. The molecule has 1 aromatic rings. The molecule has 0 saturated carbocycles. The lowest BCUT2D eigenvalue weighted by Gasteiger charge is -2.20. The largest absolute Gasteiger partial charge is 0.462 e. The normalized spacial score (nSPS) is 25.1. The summed E-state index contributed by atoms with van der Waals surface area (Å²) in [6.07, 6.45) is -5.21. The van der Waals surface area contributed by atoms with E-state index < -0.39 is 48.7 Å². The van der Waals surface area contributed by atoms with E-state index in [-0.39, 0.29) is 11.7 Å². The number of carbonyl (C=O) groups is 1. The Hall–Kier alpha value is -2.60. The first-order chi connectivity index (χ1) is 12.6. The molecule has 4 atom stereocenters. The van der Waals surface area contributed by atoms with Crippen LogP contribution in [0.2, 0.25) is 0 Å². The zero-order chi connectivity index (χ0) is 20.4. The minimum atomic E-state index is -3.87. The Morgan fingerprint density at radius 3 is 2.85 bits per heavy atom. The molecule has 3 N–H and O–H groups in total. The summed E-state index contributed by atoms with van der Waals surface area (Å²) in [5.41, 5.74) is 12.7. The summed E-state index contributed by atoms with van der Waals surface area (Å²) >= 11 is 0. The van der Waals surface area contributed by atoms with Crippen LogP contribution in [0.15, 0.2) is 22.2 Å². The lowest BCUT2D eigenvalue weighted by Crippen LogP contribution is -2.43. The van der Waals surface area contributed by atoms with Crippen LogP contribution >= 0.6 is 0 Å². The fourth-order valence-corrected chi connectivity index (χ4v) is 2.32. The topological polar surface area (TPSA) is 165 Å². The third-order valence-corrected chi connectivity index (χ3v) is 3.97. The summed E-state index contributed by atoms with van der Waals surface area (Å²) in [6, 6.07) is 0.0713. The second-order valence-corrected chi connectivity index (χ2v) is 6.21. The first-order valence-corrected chi connectivity index (χ1v) is 7.87. The molecule has 11 nitrogen and oxygen atoms in total. The summed E-state index contributed by atoms with van der Waals surface area (Å²) < 4.78 is 39.1. The number of aromatic nitrogens is 2. The van der Waals surface area contributed by atoms with Gasteiger partial charge in [-0.1, -0.05) is 13.8 Å². The number of ether oxygens (including phenoxy) is 2. The van der Waals surface area contributed by atoms with E-state index >= 15 is 0 Å². The second-order valence-electron chi connectivity index (χ2n) is 6.21. The van der Waals surface area contributed by atoms with Crippen LogP contribution in [0.4, 0.5) is 14.6 Å². The first kappa shape index (κ1) is 20.7. The molecule has 1 saturated heterocycles. The van der Waals surface area contributed by atoms with Gasteiger partial charge in [0, 0.05) is 11.1 Å². The monoisotopic (exact) mass is 388 g/mol. The predicted octanol–water partition coefficient (Wildman–Crippen LogP) is 0.605. The number of hydrogen-bond acceptors (Lipinski definition) is 8. The number of aliphatic hydroxyl groups excluding tert-OH is 1. The molecule has 27 heavy (non-hydrogen) atoms. The highest BCUT2D eigenvalue weighted by atomic mass is 19.3. The van der Waals surface area contributed by atoms with Crippen LogP contribution in [-0.4, -0.2) is 51.4 Å². The van der Waals surface area contributed by atoms with Crippen LogP contribution in [-0.2, 0) is 14.3 Å². The Balaban J connectivity index is 2.17. The minimum Gasteiger partial charge on any atom is -0.462 e. The Morgan fingerprint density at radius 1 is 1.63 bits per heavy atom. The van der Waals surface area contributed by atoms with Crippen molar-refractivity contribution >= 4 is 11.8 Å². The van der Waals surface area contributed by atoms with Crippen LogP contribution in [0.5, 0.6) is 0 Å². The van der Waals surface area contributed by atoms with Crippen molar-refractivity contribution in [2.75, 3.05) is 6.61 Å². The quantitative estimate of drug-likeness (QED) is 0.311. The van der Waals surface area contributed by atoms with E-state index in [4.69, 9.17) is 20.7 Å². The molecular weight excluding hydrogens is 370 g/mol. The third kappa shape index (κ3) is 4.22. The average molecular weight is 388 g/mol. The summed E-state index contributed by atoms with van der Waals surface area (Å²) in [6.45, 7) is 2.68. The Morgan fingerprint density at radius 2 is 2.30 bits per heavy atom. The minimum absolute atomic E-state index is 0.236. The fraction of sp³-hybridized carbons (Fsp3) is 0.643. The van der Waals surface area contributed by atoms with Crippen molar-refractivity contribution < 1.29 is 28.2 Å². The molecule has 0 radical (unpaired) electrons. The van der Waals surface area contributed by atoms with Gasteiger partial charge in [0.2, 0.25) is 6.23 Å². The maximum Gasteiger partial charge on any atom is 0.350 e. The molecule has 0 aliphatic carbocycles. The van der Waals surface area contributed by atoms with E-state index in [1.807, 2.05) is 0 Å². The van der Waals surface area contributed by atoms with Crippen LogP contribution in [0.3, 0.4) is 0 Å². The Bertz CT molecular complexity index is 809. The van der Waals surface area contributed by atoms with E-state index in [1.54, 1.807) is 13.8 Å². The summed E-state index contributed by atoms with van der Waals surface area (Å²) in [4.78, 5) is 29.4. The van der Waals surface area contributed by atoms with Gasteiger partial charge in [-0.2, -0.15) is 13.8 Å². The second kappa shape index (κ2) is 7.96. The first-order valence-electron chi connectivity index (χ1n) is 7.87. The van der Waals surface area contributed by atoms with E-state index in [9.17, 15) is 23.5 Å². The predicted molar refractivity (Wildman–Crippen MR) is 85.9 cm³/mol. The number of hydrogen-bond donors (Lipinski definition) is 2. The van der Waals surface area contributed by atoms with E-state index in [0.717, 1.165) is 12.3 Å². The molecule has 1 aliphatic rings. The lowest BCUT2D eigenvalue weighted by molar-refractivity contribution is -0.153. The number of esters is 1. The zero-order valence-corrected chi connectivity index (χ0v) is 14.4. The molecule has 1 aromatic heterocycles. The van der Waals surface area contributed by atoms with Crippen molar-refractivity contribution in [1.82, 2.24) is 9.55 Å². The molecule has 2 rings (SSSR count). The maximum atomic E-state index is 14.4. The molecule has 0 bridgehead atoms. The van der Waals surface area contributed by atoms with Gasteiger partial charge < -0.3 is 20.3 Å². The number of rotatable bonds is 6. The molecule has 0 aromatic carbocycles. The fourth-order valence-electron chi connectivity index (χ4n) is 2.32. The van der Waals surface area contributed by atoms with Crippen LogP contribution in [0, 0.1) is 5.92 Å². The molecule has 148 valence electrons. The summed E-state index contributed by atoms with van der Waals surface area (Å²) in [5.74, 6) is -5.25. The summed E-state index contributed by atoms with van der Waals surface area (Å²) in [7, 11) is 0. The van der Waals surface area contributed by atoms with Gasteiger partial charge in [0.05, 0.1) is 0 Å². The molecular formula is C14H18F2N6O5. The van der Waals surface area contributed by atoms with Crippen molar-refractivity contribution in [2.45, 2.75) is 44.2 Å². The van der Waals surface area contributed by atoms with E-state index in [1.165, 1.54) is 0 Å². The highest BCUT2D eigenvalue weighted by Gasteiger charge is 2.60. The van der Waals surface area contributed by atoms with Crippen molar-refractivity contribution in [1.29, 1.82) is 0 Å². The third-order valence-electron chi connectivity index (χ3n) is 3.97. The molecule has 13 heteroatoms. The van der Waals surface area contributed by atoms with E-state index in [0.29, 0.717) is 4.57 Å². The van der Waals surface area contributed by atoms with Gasteiger partial charge in [-0.05, 0) is 22.6 Å². The molecule has 1 aliphatic heterocycles. The highest BCUT2D eigenvalue weighted by molar-refractivity contribution is 5.75. The van der Waals surface area contributed by atoms with Gasteiger partial charge >= 0.3 is 17.6 Å².